The topological polar surface area (TPSA) is 63.6 Å². The van der Waals surface area contributed by atoms with Crippen molar-refractivity contribution in [3.63, 3.8) is 0 Å². The summed E-state index contributed by atoms with van der Waals surface area (Å²) in [7, 11) is 0. The van der Waals surface area contributed by atoms with Gasteiger partial charge in [0.25, 0.3) is 0 Å². The van der Waals surface area contributed by atoms with Crippen molar-refractivity contribution in [2.75, 3.05) is 6.61 Å². The molecule has 0 aliphatic rings. The van der Waals surface area contributed by atoms with Crippen LogP contribution < -0.4 is 0 Å². The Hall–Kier alpha value is -1.20. The van der Waals surface area contributed by atoms with Gasteiger partial charge >= 0.3 is 5.97 Å². The van der Waals surface area contributed by atoms with Crippen LogP contribution in [0.3, 0.4) is 0 Å². The van der Waals surface area contributed by atoms with Gasteiger partial charge in [0.15, 0.2) is 12.4 Å². The van der Waals surface area contributed by atoms with Crippen LogP contribution >= 0.6 is 15.9 Å². The third-order valence-electron chi connectivity index (χ3n) is 1.85. The molecule has 0 heterocycles. The van der Waals surface area contributed by atoms with Gasteiger partial charge in [-0.3, -0.25) is 4.79 Å². The van der Waals surface area contributed by atoms with Crippen LogP contribution in [-0.2, 0) is 9.53 Å². The average Bonchev–Trinajstić information content (AvgIpc) is 2.26. The Labute approximate surface area is 101 Å². The number of Topliss-reactive ketones (excluding diaryl/α,β-unsaturated/α-hetero) is 1. The van der Waals surface area contributed by atoms with Crippen LogP contribution in [0.2, 0.25) is 0 Å². The van der Waals surface area contributed by atoms with Gasteiger partial charge in [0.1, 0.15) is 6.10 Å². The maximum atomic E-state index is 11.5. The van der Waals surface area contributed by atoms with E-state index in [0.717, 1.165) is 4.47 Å². The third kappa shape index (κ3) is 3.75. The van der Waals surface area contributed by atoms with Crippen LogP contribution in [0.4, 0.5) is 0 Å². The fourth-order valence-corrected chi connectivity index (χ4v) is 1.24. The molecule has 1 aromatic rings. The van der Waals surface area contributed by atoms with Crippen molar-refractivity contribution in [2.24, 2.45) is 0 Å². The summed E-state index contributed by atoms with van der Waals surface area (Å²) in [6.45, 7) is 0.928. The Bertz CT molecular complexity index is 383. The molecule has 1 N–H and O–H groups in total. The summed E-state index contributed by atoms with van der Waals surface area (Å²) in [6.07, 6.45) is -1.21. The normalized spacial score (nSPS) is 11.9. The number of hydrogen-bond acceptors (Lipinski definition) is 4. The Balaban J connectivity index is 2.53. The van der Waals surface area contributed by atoms with E-state index in [1.54, 1.807) is 24.3 Å². The van der Waals surface area contributed by atoms with Crippen molar-refractivity contribution >= 4 is 27.7 Å². The van der Waals surface area contributed by atoms with Crippen LogP contribution in [0.5, 0.6) is 0 Å². The molecule has 0 aliphatic carbocycles. The van der Waals surface area contributed by atoms with Crippen LogP contribution in [0.1, 0.15) is 17.3 Å². The van der Waals surface area contributed by atoms with Crippen molar-refractivity contribution in [2.45, 2.75) is 13.0 Å². The monoisotopic (exact) mass is 286 g/mol. The molecule has 86 valence electrons. The summed E-state index contributed by atoms with van der Waals surface area (Å²) in [4.78, 5) is 22.4. The molecule has 0 radical (unpaired) electrons. The van der Waals surface area contributed by atoms with E-state index in [4.69, 9.17) is 5.11 Å². The first kappa shape index (κ1) is 12.9. The first-order chi connectivity index (χ1) is 7.50. The number of halogens is 1. The van der Waals surface area contributed by atoms with Crippen molar-refractivity contribution in [1.82, 2.24) is 0 Å². The lowest BCUT2D eigenvalue weighted by molar-refractivity contribution is -0.151. The Morgan fingerprint density at radius 2 is 1.94 bits per heavy atom. The van der Waals surface area contributed by atoms with Gasteiger partial charge in [-0.1, -0.05) is 28.1 Å². The van der Waals surface area contributed by atoms with E-state index in [1.165, 1.54) is 6.92 Å². The van der Waals surface area contributed by atoms with Gasteiger partial charge in [0.2, 0.25) is 0 Å². The Morgan fingerprint density at radius 3 is 2.44 bits per heavy atom. The number of aliphatic hydroxyl groups is 1. The van der Waals surface area contributed by atoms with Crippen LogP contribution in [0.25, 0.3) is 0 Å². The molecule has 0 saturated heterocycles. The van der Waals surface area contributed by atoms with Gasteiger partial charge in [0.05, 0.1) is 0 Å². The summed E-state index contributed by atoms with van der Waals surface area (Å²) in [5.74, 6) is -1.10. The van der Waals surface area contributed by atoms with Gasteiger partial charge in [0, 0.05) is 10.0 Å². The summed E-state index contributed by atoms with van der Waals surface area (Å²) >= 11 is 3.25. The van der Waals surface area contributed by atoms with E-state index >= 15 is 0 Å². The molecule has 0 fully saturated rings. The van der Waals surface area contributed by atoms with Crippen molar-refractivity contribution in [3.8, 4) is 0 Å². The lowest BCUT2D eigenvalue weighted by Gasteiger charge is -2.05. The lowest BCUT2D eigenvalue weighted by atomic mass is 10.1. The molecule has 0 amide bonds. The molecule has 1 rings (SSSR count). The molecular weight excluding hydrogens is 276 g/mol. The number of carbonyl (C=O) groups is 2. The van der Waals surface area contributed by atoms with E-state index < -0.39 is 12.1 Å². The Kier molecular flexibility index (Phi) is 4.64. The molecule has 0 unspecified atom stereocenters. The number of esters is 1. The summed E-state index contributed by atoms with van der Waals surface area (Å²) in [5.41, 5.74) is 0.460. The molecule has 0 saturated carbocycles. The molecule has 0 aliphatic heterocycles. The standard InChI is InChI=1S/C11H11BrO4/c1-7(13)11(15)16-6-10(14)8-2-4-9(12)5-3-8/h2-5,7,13H,6H2,1H3/t7-/m0/s1. The highest BCUT2D eigenvalue weighted by Crippen LogP contribution is 2.11. The van der Waals surface area contributed by atoms with Gasteiger partial charge in [-0.15, -0.1) is 0 Å². The zero-order valence-corrected chi connectivity index (χ0v) is 10.2. The number of ether oxygens (including phenoxy) is 1. The van der Waals surface area contributed by atoms with Gasteiger partial charge in [-0.05, 0) is 19.1 Å². The predicted octanol–water partition coefficient (Wildman–Crippen LogP) is 1.56. The number of ketones is 1. The quantitative estimate of drug-likeness (QED) is 0.674. The van der Waals surface area contributed by atoms with Crippen molar-refractivity contribution < 1.29 is 19.4 Å². The molecule has 0 aromatic heterocycles. The van der Waals surface area contributed by atoms with E-state index in [2.05, 4.69) is 20.7 Å². The molecule has 1 aromatic carbocycles. The second kappa shape index (κ2) is 5.77. The highest BCUT2D eigenvalue weighted by molar-refractivity contribution is 9.10. The van der Waals surface area contributed by atoms with E-state index in [0.29, 0.717) is 5.56 Å². The zero-order valence-electron chi connectivity index (χ0n) is 8.64. The van der Waals surface area contributed by atoms with E-state index in [-0.39, 0.29) is 12.4 Å². The smallest absolute Gasteiger partial charge is 0.335 e. The lowest BCUT2D eigenvalue weighted by Crippen LogP contribution is -2.22. The molecule has 4 nitrogen and oxygen atoms in total. The summed E-state index contributed by atoms with van der Waals surface area (Å²) in [6, 6.07) is 6.71. The largest absolute Gasteiger partial charge is 0.455 e. The first-order valence-electron chi connectivity index (χ1n) is 4.64. The van der Waals surface area contributed by atoms with Crippen LogP contribution in [0.15, 0.2) is 28.7 Å². The number of carbonyl (C=O) groups excluding carboxylic acids is 2. The fourth-order valence-electron chi connectivity index (χ4n) is 0.976. The summed E-state index contributed by atoms with van der Waals surface area (Å²) in [5, 5.41) is 8.85. The highest BCUT2D eigenvalue weighted by Gasteiger charge is 2.13. The fraction of sp³-hybridized carbons (Fsp3) is 0.273. The highest BCUT2D eigenvalue weighted by atomic mass is 79.9. The number of aliphatic hydroxyl groups excluding tert-OH is 1. The number of benzene rings is 1. The second-order valence-corrected chi connectivity index (χ2v) is 4.13. The molecule has 0 spiro atoms. The average molecular weight is 287 g/mol. The summed E-state index contributed by atoms with van der Waals surface area (Å²) < 4.78 is 5.47. The molecule has 5 heteroatoms. The molecule has 16 heavy (non-hydrogen) atoms. The van der Waals surface area contributed by atoms with E-state index in [1.807, 2.05) is 0 Å². The van der Waals surface area contributed by atoms with Crippen molar-refractivity contribution in [1.29, 1.82) is 0 Å². The van der Waals surface area contributed by atoms with Gasteiger partial charge in [-0.25, -0.2) is 4.79 Å². The van der Waals surface area contributed by atoms with Crippen LogP contribution in [0, 0.1) is 0 Å². The SMILES string of the molecule is C[C@H](O)C(=O)OCC(=O)c1ccc(Br)cc1. The first-order valence-corrected chi connectivity index (χ1v) is 5.43. The Morgan fingerprint density at radius 1 is 1.38 bits per heavy atom. The zero-order chi connectivity index (χ0) is 12.1. The van der Waals surface area contributed by atoms with Gasteiger partial charge < -0.3 is 9.84 Å². The van der Waals surface area contributed by atoms with Crippen molar-refractivity contribution in [3.05, 3.63) is 34.3 Å². The molecule has 1 atom stereocenters. The van der Waals surface area contributed by atoms with Gasteiger partial charge in [-0.2, -0.15) is 0 Å². The minimum atomic E-state index is -1.21. The van der Waals surface area contributed by atoms with Crippen LogP contribution in [-0.4, -0.2) is 29.6 Å². The minimum Gasteiger partial charge on any atom is -0.455 e. The maximum Gasteiger partial charge on any atom is 0.335 e. The molecular formula is C11H11BrO4. The third-order valence-corrected chi connectivity index (χ3v) is 2.38. The number of hydrogen-bond donors (Lipinski definition) is 1. The second-order valence-electron chi connectivity index (χ2n) is 3.21. The minimum absolute atomic E-state index is 0.304. The number of rotatable bonds is 4. The predicted molar refractivity (Wildman–Crippen MR) is 61.1 cm³/mol. The maximum absolute atomic E-state index is 11.5. The molecule has 0 bridgehead atoms. The van der Waals surface area contributed by atoms with E-state index in [9.17, 15) is 9.59 Å².